The Bertz CT molecular complexity index is 237. The molecule has 0 saturated heterocycles. The molecule has 1 aromatic heterocycles. The SMILES string of the molecule is [CH2]c1occc1C(=O)OC. The highest BCUT2D eigenvalue weighted by molar-refractivity contribution is 5.90. The molecule has 0 unspecified atom stereocenters. The zero-order chi connectivity index (χ0) is 7.56. The maximum absolute atomic E-state index is 10.8. The molecule has 1 aromatic rings. The molecule has 0 aliphatic carbocycles. The van der Waals surface area contributed by atoms with E-state index in [0.717, 1.165) is 0 Å². The summed E-state index contributed by atoms with van der Waals surface area (Å²) in [5, 5.41) is 0. The van der Waals surface area contributed by atoms with Gasteiger partial charge in [0.05, 0.1) is 13.4 Å². The minimum Gasteiger partial charge on any atom is -0.468 e. The van der Waals surface area contributed by atoms with Crippen molar-refractivity contribution >= 4 is 5.97 Å². The number of ether oxygens (including phenoxy) is 1. The van der Waals surface area contributed by atoms with Crippen molar-refractivity contribution in [3.05, 3.63) is 30.6 Å². The van der Waals surface area contributed by atoms with E-state index in [0.29, 0.717) is 11.3 Å². The fourth-order valence-corrected chi connectivity index (χ4v) is 0.632. The summed E-state index contributed by atoms with van der Waals surface area (Å²) in [6.07, 6.45) is 1.40. The largest absolute Gasteiger partial charge is 0.468 e. The first-order chi connectivity index (χ1) is 4.75. The van der Waals surface area contributed by atoms with Crippen LogP contribution in [0.25, 0.3) is 0 Å². The predicted octanol–water partition coefficient (Wildman–Crippen LogP) is 1.25. The number of rotatable bonds is 1. The zero-order valence-corrected chi connectivity index (χ0v) is 5.59. The van der Waals surface area contributed by atoms with E-state index in [2.05, 4.69) is 11.7 Å². The first-order valence-electron chi connectivity index (χ1n) is 2.73. The van der Waals surface area contributed by atoms with E-state index >= 15 is 0 Å². The minimum absolute atomic E-state index is 0.340. The molecule has 0 aliphatic rings. The third-order valence-corrected chi connectivity index (χ3v) is 1.15. The molecule has 3 nitrogen and oxygen atoms in total. The molecule has 0 fully saturated rings. The topological polar surface area (TPSA) is 39.4 Å². The van der Waals surface area contributed by atoms with Crippen LogP contribution < -0.4 is 0 Å². The monoisotopic (exact) mass is 139 g/mol. The van der Waals surface area contributed by atoms with E-state index < -0.39 is 5.97 Å². The van der Waals surface area contributed by atoms with Crippen LogP contribution in [0.3, 0.4) is 0 Å². The summed E-state index contributed by atoms with van der Waals surface area (Å²) in [4.78, 5) is 10.8. The van der Waals surface area contributed by atoms with E-state index in [-0.39, 0.29) is 0 Å². The Labute approximate surface area is 58.6 Å². The summed E-state index contributed by atoms with van der Waals surface area (Å²) in [6.45, 7) is 3.48. The highest BCUT2D eigenvalue weighted by Gasteiger charge is 2.09. The molecule has 10 heavy (non-hydrogen) atoms. The van der Waals surface area contributed by atoms with Gasteiger partial charge >= 0.3 is 5.97 Å². The number of hydrogen-bond donors (Lipinski definition) is 0. The Morgan fingerprint density at radius 2 is 2.50 bits per heavy atom. The summed E-state index contributed by atoms with van der Waals surface area (Å²) in [5.74, 6) is -0.0781. The zero-order valence-electron chi connectivity index (χ0n) is 5.59. The van der Waals surface area contributed by atoms with Gasteiger partial charge in [0, 0.05) is 6.92 Å². The molecule has 0 spiro atoms. The van der Waals surface area contributed by atoms with Crippen LogP contribution in [0.1, 0.15) is 16.1 Å². The van der Waals surface area contributed by atoms with E-state index in [1.165, 1.54) is 19.4 Å². The Hall–Kier alpha value is -1.25. The summed E-state index contributed by atoms with van der Waals surface area (Å²) in [7, 11) is 1.31. The second-order valence-electron chi connectivity index (χ2n) is 1.75. The van der Waals surface area contributed by atoms with Gasteiger partial charge in [0.1, 0.15) is 11.3 Å². The minimum atomic E-state index is -0.418. The smallest absolute Gasteiger partial charge is 0.341 e. The summed E-state index contributed by atoms with van der Waals surface area (Å²) >= 11 is 0. The van der Waals surface area contributed by atoms with Crippen LogP contribution in [0, 0.1) is 6.92 Å². The maximum Gasteiger partial charge on any atom is 0.341 e. The first-order valence-corrected chi connectivity index (χ1v) is 2.73. The summed E-state index contributed by atoms with van der Waals surface area (Å²) < 4.78 is 9.21. The van der Waals surface area contributed by atoms with Crippen molar-refractivity contribution in [1.82, 2.24) is 0 Å². The van der Waals surface area contributed by atoms with Crippen LogP contribution >= 0.6 is 0 Å². The van der Waals surface area contributed by atoms with Crippen molar-refractivity contribution in [2.45, 2.75) is 0 Å². The molecule has 1 radical (unpaired) electrons. The van der Waals surface area contributed by atoms with Crippen LogP contribution in [-0.2, 0) is 4.74 Å². The average Bonchev–Trinajstić information content (AvgIpc) is 2.34. The number of methoxy groups -OCH3 is 1. The molecule has 0 N–H and O–H groups in total. The second kappa shape index (κ2) is 2.56. The van der Waals surface area contributed by atoms with Crippen molar-refractivity contribution in [3.63, 3.8) is 0 Å². The number of hydrogen-bond acceptors (Lipinski definition) is 3. The van der Waals surface area contributed by atoms with E-state index in [1.807, 2.05) is 0 Å². The van der Waals surface area contributed by atoms with Gasteiger partial charge in [-0.1, -0.05) is 0 Å². The van der Waals surface area contributed by atoms with E-state index in [9.17, 15) is 4.79 Å². The molecule has 0 aliphatic heterocycles. The third kappa shape index (κ3) is 1.03. The molecule has 0 atom stereocenters. The van der Waals surface area contributed by atoms with Crippen molar-refractivity contribution in [2.75, 3.05) is 7.11 Å². The molecular formula is C7H7O3. The van der Waals surface area contributed by atoms with Crippen LogP contribution in [0.5, 0.6) is 0 Å². The molecule has 0 saturated carbocycles. The lowest BCUT2D eigenvalue weighted by Gasteiger charge is -1.93. The van der Waals surface area contributed by atoms with E-state index in [1.54, 1.807) is 0 Å². The summed E-state index contributed by atoms with van der Waals surface area (Å²) in [6, 6.07) is 1.52. The lowest BCUT2D eigenvalue weighted by molar-refractivity contribution is 0.0599. The van der Waals surface area contributed by atoms with Gasteiger partial charge in [0.15, 0.2) is 0 Å². The Kier molecular flexibility index (Phi) is 1.76. The standard InChI is InChI=1S/C7H7O3/c1-5-6(3-4-10-5)7(8)9-2/h3-4H,1H2,2H3. The highest BCUT2D eigenvalue weighted by atomic mass is 16.5. The molecule has 0 aromatic carbocycles. The first kappa shape index (κ1) is 6.86. The fourth-order valence-electron chi connectivity index (χ4n) is 0.632. The molecular weight excluding hydrogens is 132 g/mol. The quantitative estimate of drug-likeness (QED) is 0.549. The Balaban J connectivity index is 2.93. The van der Waals surface area contributed by atoms with Crippen molar-refractivity contribution in [3.8, 4) is 0 Å². The van der Waals surface area contributed by atoms with Gasteiger partial charge in [-0.2, -0.15) is 0 Å². The lowest BCUT2D eigenvalue weighted by Crippen LogP contribution is -2.00. The Morgan fingerprint density at radius 3 is 2.90 bits per heavy atom. The van der Waals surface area contributed by atoms with Crippen molar-refractivity contribution < 1.29 is 13.9 Å². The molecule has 53 valence electrons. The van der Waals surface area contributed by atoms with Crippen molar-refractivity contribution in [2.24, 2.45) is 0 Å². The van der Waals surface area contributed by atoms with Gasteiger partial charge in [0.25, 0.3) is 0 Å². The van der Waals surface area contributed by atoms with Gasteiger partial charge in [-0.25, -0.2) is 4.79 Å². The predicted molar refractivity (Wildman–Crippen MR) is 34.5 cm³/mol. The Morgan fingerprint density at radius 1 is 1.80 bits per heavy atom. The normalized spacial score (nSPS) is 9.40. The molecule has 0 amide bonds. The number of esters is 1. The van der Waals surface area contributed by atoms with Crippen LogP contribution in [0.4, 0.5) is 0 Å². The molecule has 1 rings (SSSR count). The molecule has 3 heteroatoms. The number of carbonyl (C=O) groups is 1. The fraction of sp³-hybridized carbons (Fsp3) is 0.143. The molecule has 1 heterocycles. The summed E-state index contributed by atoms with van der Waals surface area (Å²) in [5.41, 5.74) is 0.377. The van der Waals surface area contributed by atoms with E-state index in [4.69, 9.17) is 4.42 Å². The number of carbonyl (C=O) groups excluding carboxylic acids is 1. The van der Waals surface area contributed by atoms with Gasteiger partial charge < -0.3 is 9.15 Å². The molecule has 0 bridgehead atoms. The van der Waals surface area contributed by atoms with Gasteiger partial charge in [0.2, 0.25) is 0 Å². The second-order valence-corrected chi connectivity index (χ2v) is 1.75. The maximum atomic E-state index is 10.8. The van der Waals surface area contributed by atoms with Crippen LogP contribution in [0.15, 0.2) is 16.7 Å². The lowest BCUT2D eigenvalue weighted by atomic mass is 10.3. The highest BCUT2D eigenvalue weighted by Crippen LogP contribution is 2.08. The van der Waals surface area contributed by atoms with Crippen LogP contribution in [0.2, 0.25) is 0 Å². The van der Waals surface area contributed by atoms with Gasteiger partial charge in [-0.3, -0.25) is 0 Å². The van der Waals surface area contributed by atoms with Crippen LogP contribution in [-0.4, -0.2) is 13.1 Å². The number of furan rings is 1. The third-order valence-electron chi connectivity index (χ3n) is 1.15. The average molecular weight is 139 g/mol. The van der Waals surface area contributed by atoms with Crippen molar-refractivity contribution in [1.29, 1.82) is 0 Å². The van der Waals surface area contributed by atoms with Gasteiger partial charge in [-0.05, 0) is 6.07 Å². The van der Waals surface area contributed by atoms with Gasteiger partial charge in [-0.15, -0.1) is 0 Å².